The lowest BCUT2D eigenvalue weighted by molar-refractivity contribution is -0.139. The van der Waals surface area contributed by atoms with Crippen LogP contribution in [0, 0.1) is 17.6 Å². The number of benzene rings is 2. The fraction of sp³-hybridized carbons (Fsp3) is 0.263. The van der Waals surface area contributed by atoms with Crippen molar-refractivity contribution in [2.75, 3.05) is 6.61 Å². The SMILES string of the molecule is O=C(O)COc1cccc(CNC(=O)[C@H]2C[C@H]2c2c(F)cccc2F)c1. The van der Waals surface area contributed by atoms with Gasteiger partial charge in [-0.05, 0) is 36.2 Å². The maximum absolute atomic E-state index is 13.8. The number of carbonyl (C=O) groups excluding carboxylic acids is 1. The Labute approximate surface area is 148 Å². The highest BCUT2D eigenvalue weighted by Gasteiger charge is 2.46. The third-order valence-electron chi connectivity index (χ3n) is 4.23. The number of aliphatic carboxylic acids is 1. The van der Waals surface area contributed by atoms with Crippen molar-refractivity contribution in [3.63, 3.8) is 0 Å². The fourth-order valence-electron chi connectivity index (χ4n) is 2.88. The maximum atomic E-state index is 13.8. The summed E-state index contributed by atoms with van der Waals surface area (Å²) in [6, 6.07) is 10.4. The van der Waals surface area contributed by atoms with Gasteiger partial charge in [0.25, 0.3) is 0 Å². The first kappa shape index (κ1) is 17.8. The van der Waals surface area contributed by atoms with Gasteiger partial charge in [0, 0.05) is 23.9 Å². The van der Waals surface area contributed by atoms with Crippen LogP contribution in [-0.4, -0.2) is 23.6 Å². The van der Waals surface area contributed by atoms with Gasteiger partial charge in [-0.15, -0.1) is 0 Å². The summed E-state index contributed by atoms with van der Waals surface area (Å²) in [6.45, 7) is -0.236. The van der Waals surface area contributed by atoms with Crippen LogP contribution >= 0.6 is 0 Å². The monoisotopic (exact) mass is 361 g/mol. The van der Waals surface area contributed by atoms with E-state index in [9.17, 15) is 18.4 Å². The number of nitrogens with one attached hydrogen (secondary N) is 1. The van der Waals surface area contributed by atoms with Crippen LogP contribution in [0.3, 0.4) is 0 Å². The fourth-order valence-corrected chi connectivity index (χ4v) is 2.88. The van der Waals surface area contributed by atoms with Crippen LogP contribution in [0.1, 0.15) is 23.5 Å². The highest BCUT2D eigenvalue weighted by Crippen LogP contribution is 2.49. The number of hydrogen-bond acceptors (Lipinski definition) is 3. The Bertz CT molecular complexity index is 820. The zero-order valence-corrected chi connectivity index (χ0v) is 13.7. The van der Waals surface area contributed by atoms with Crippen molar-refractivity contribution in [2.24, 2.45) is 5.92 Å². The van der Waals surface area contributed by atoms with Crippen molar-refractivity contribution in [3.05, 3.63) is 65.2 Å². The molecular formula is C19H17F2NO4. The van der Waals surface area contributed by atoms with Gasteiger partial charge in [0.05, 0.1) is 0 Å². The minimum Gasteiger partial charge on any atom is -0.482 e. The zero-order valence-electron chi connectivity index (χ0n) is 13.7. The predicted octanol–water partition coefficient (Wildman–Crippen LogP) is 2.85. The van der Waals surface area contributed by atoms with Gasteiger partial charge in [-0.1, -0.05) is 18.2 Å². The molecule has 0 radical (unpaired) electrons. The first-order valence-electron chi connectivity index (χ1n) is 8.11. The number of hydrogen-bond donors (Lipinski definition) is 2. The predicted molar refractivity (Wildman–Crippen MR) is 88.6 cm³/mol. The van der Waals surface area contributed by atoms with Gasteiger partial charge in [0.2, 0.25) is 5.91 Å². The van der Waals surface area contributed by atoms with E-state index in [0.717, 1.165) is 5.56 Å². The summed E-state index contributed by atoms with van der Waals surface area (Å²) in [5, 5.41) is 11.3. The summed E-state index contributed by atoms with van der Waals surface area (Å²) in [5.41, 5.74) is 0.701. The highest BCUT2D eigenvalue weighted by molar-refractivity contribution is 5.82. The first-order valence-corrected chi connectivity index (χ1v) is 8.11. The van der Waals surface area contributed by atoms with Crippen LogP contribution in [0.25, 0.3) is 0 Å². The van der Waals surface area contributed by atoms with Gasteiger partial charge in [0.1, 0.15) is 17.4 Å². The van der Waals surface area contributed by atoms with Gasteiger partial charge >= 0.3 is 5.97 Å². The Kier molecular flexibility index (Phi) is 5.16. The molecule has 2 aromatic rings. The molecular weight excluding hydrogens is 344 g/mol. The number of rotatable bonds is 7. The molecule has 7 heteroatoms. The average molecular weight is 361 g/mol. The zero-order chi connectivity index (χ0) is 18.7. The molecule has 1 amide bonds. The molecule has 2 aromatic carbocycles. The minimum atomic E-state index is -1.08. The third-order valence-corrected chi connectivity index (χ3v) is 4.23. The van der Waals surface area contributed by atoms with E-state index >= 15 is 0 Å². The molecule has 1 fully saturated rings. The van der Waals surface area contributed by atoms with Crippen LogP contribution in [0.5, 0.6) is 5.75 Å². The van der Waals surface area contributed by atoms with Crippen LogP contribution in [0.15, 0.2) is 42.5 Å². The molecule has 1 aliphatic rings. The molecule has 2 N–H and O–H groups in total. The third kappa shape index (κ3) is 4.17. The molecule has 0 saturated heterocycles. The highest BCUT2D eigenvalue weighted by atomic mass is 19.1. The van der Waals surface area contributed by atoms with E-state index < -0.39 is 36.0 Å². The number of carboxylic acids is 1. The lowest BCUT2D eigenvalue weighted by atomic mass is 10.1. The van der Waals surface area contributed by atoms with E-state index in [1.165, 1.54) is 18.2 Å². The molecule has 0 aromatic heterocycles. The molecule has 26 heavy (non-hydrogen) atoms. The van der Waals surface area contributed by atoms with Crippen LogP contribution in [0.4, 0.5) is 8.78 Å². The number of carbonyl (C=O) groups is 2. The summed E-state index contributed by atoms with van der Waals surface area (Å²) in [5.74, 6) is -3.12. The topological polar surface area (TPSA) is 75.6 Å². The standard InChI is InChI=1S/C19H17F2NO4/c20-15-5-2-6-16(21)18(15)13-8-14(13)19(25)22-9-11-3-1-4-12(7-11)26-10-17(23)24/h1-7,13-14H,8-10H2,(H,22,25)(H,23,24)/t13-,14+/m1/s1. The van der Waals surface area contributed by atoms with Gasteiger partial charge < -0.3 is 15.2 Å². The normalized spacial score (nSPS) is 18.2. The molecule has 0 aliphatic heterocycles. The summed E-state index contributed by atoms with van der Waals surface area (Å²) in [7, 11) is 0. The Morgan fingerprint density at radius 1 is 1.15 bits per heavy atom. The summed E-state index contributed by atoms with van der Waals surface area (Å²) < 4.78 is 32.6. The van der Waals surface area contributed by atoms with Crippen molar-refractivity contribution in [3.8, 4) is 5.75 Å². The molecule has 1 saturated carbocycles. The van der Waals surface area contributed by atoms with Crippen LogP contribution < -0.4 is 10.1 Å². The van der Waals surface area contributed by atoms with Crippen molar-refractivity contribution in [2.45, 2.75) is 18.9 Å². The number of amides is 1. The Morgan fingerprint density at radius 3 is 2.54 bits per heavy atom. The van der Waals surface area contributed by atoms with E-state index in [2.05, 4.69) is 5.32 Å². The molecule has 136 valence electrons. The summed E-state index contributed by atoms with van der Waals surface area (Å²) in [6.07, 6.45) is 0.408. The number of halogens is 2. The molecule has 0 bridgehead atoms. The van der Waals surface area contributed by atoms with E-state index in [4.69, 9.17) is 9.84 Å². The summed E-state index contributed by atoms with van der Waals surface area (Å²) >= 11 is 0. The quantitative estimate of drug-likeness (QED) is 0.795. The molecule has 5 nitrogen and oxygen atoms in total. The Hall–Kier alpha value is -2.96. The van der Waals surface area contributed by atoms with Crippen molar-refractivity contribution in [1.29, 1.82) is 0 Å². The molecule has 0 spiro atoms. The molecule has 0 unspecified atom stereocenters. The lowest BCUT2D eigenvalue weighted by Gasteiger charge is -2.08. The van der Waals surface area contributed by atoms with Gasteiger partial charge in [-0.2, -0.15) is 0 Å². The van der Waals surface area contributed by atoms with E-state index in [-0.39, 0.29) is 18.0 Å². The van der Waals surface area contributed by atoms with Gasteiger partial charge in [0.15, 0.2) is 6.61 Å². The second-order valence-electron chi connectivity index (χ2n) is 6.13. The van der Waals surface area contributed by atoms with Crippen molar-refractivity contribution < 1.29 is 28.2 Å². The number of carboxylic acid groups (broad SMARTS) is 1. The second-order valence-corrected chi connectivity index (χ2v) is 6.13. The van der Waals surface area contributed by atoms with E-state index in [1.807, 2.05) is 0 Å². The van der Waals surface area contributed by atoms with Gasteiger partial charge in [-0.25, -0.2) is 13.6 Å². The minimum absolute atomic E-state index is 0.0308. The Morgan fingerprint density at radius 2 is 1.85 bits per heavy atom. The van der Waals surface area contributed by atoms with Crippen LogP contribution in [0.2, 0.25) is 0 Å². The average Bonchev–Trinajstić information content (AvgIpc) is 3.38. The van der Waals surface area contributed by atoms with Crippen molar-refractivity contribution in [1.82, 2.24) is 5.32 Å². The van der Waals surface area contributed by atoms with E-state index in [1.54, 1.807) is 24.3 Å². The molecule has 0 heterocycles. The smallest absolute Gasteiger partial charge is 0.341 e. The lowest BCUT2D eigenvalue weighted by Crippen LogP contribution is -2.25. The van der Waals surface area contributed by atoms with Crippen molar-refractivity contribution >= 4 is 11.9 Å². The molecule has 2 atom stereocenters. The number of ether oxygens (including phenoxy) is 1. The maximum Gasteiger partial charge on any atom is 0.341 e. The summed E-state index contributed by atoms with van der Waals surface area (Å²) in [4.78, 5) is 22.7. The Balaban J connectivity index is 1.55. The van der Waals surface area contributed by atoms with Crippen LogP contribution in [-0.2, 0) is 16.1 Å². The molecule has 3 rings (SSSR count). The largest absolute Gasteiger partial charge is 0.482 e. The molecule has 1 aliphatic carbocycles. The first-order chi connectivity index (χ1) is 12.5. The second kappa shape index (κ2) is 7.51. The van der Waals surface area contributed by atoms with E-state index in [0.29, 0.717) is 12.2 Å². The van der Waals surface area contributed by atoms with Gasteiger partial charge in [-0.3, -0.25) is 4.79 Å².